The van der Waals surface area contributed by atoms with E-state index in [0.717, 1.165) is 5.56 Å². The van der Waals surface area contributed by atoms with Crippen LogP contribution < -0.4 is 5.32 Å². The molecule has 0 bridgehead atoms. The van der Waals surface area contributed by atoms with Crippen molar-refractivity contribution >= 4 is 5.91 Å². The van der Waals surface area contributed by atoms with Gasteiger partial charge in [0.25, 0.3) is 5.91 Å². The topological polar surface area (TPSA) is 29.1 Å². The Morgan fingerprint density at radius 3 is 2.27 bits per heavy atom. The smallest absolute Gasteiger partial charge is 0.343 e. The number of benzene rings is 1. The minimum absolute atomic E-state index is 0.227. The largest absolute Gasteiger partial charge is 0.405 e. The van der Waals surface area contributed by atoms with Crippen LogP contribution in [0.2, 0.25) is 0 Å². The number of carbonyl (C=O) groups is 1. The predicted molar refractivity (Wildman–Crippen MR) is 49.6 cm³/mol. The van der Waals surface area contributed by atoms with Gasteiger partial charge in [0.2, 0.25) is 0 Å². The Balaban J connectivity index is 2.58. The van der Waals surface area contributed by atoms with Crippen LogP contribution in [0.5, 0.6) is 0 Å². The second-order valence-electron chi connectivity index (χ2n) is 3.16. The highest BCUT2D eigenvalue weighted by atomic mass is 19.4. The molecule has 1 N–H and O–H groups in total. The molecule has 0 fully saturated rings. The molecule has 0 aromatic heterocycles. The number of aryl methyl sites for hydroxylation is 1. The molecule has 1 aromatic carbocycles. The van der Waals surface area contributed by atoms with Crippen molar-refractivity contribution in [3.05, 3.63) is 35.4 Å². The van der Waals surface area contributed by atoms with E-state index >= 15 is 0 Å². The van der Waals surface area contributed by atoms with E-state index in [-0.39, 0.29) is 5.56 Å². The fraction of sp³-hybridized carbons (Fsp3) is 0.300. The lowest BCUT2D eigenvalue weighted by Crippen LogP contribution is -2.33. The van der Waals surface area contributed by atoms with E-state index in [1.807, 2.05) is 6.92 Å². The van der Waals surface area contributed by atoms with Crippen molar-refractivity contribution in [2.45, 2.75) is 13.1 Å². The van der Waals surface area contributed by atoms with Crippen LogP contribution >= 0.6 is 0 Å². The number of carbonyl (C=O) groups excluding carboxylic acids is 1. The summed E-state index contributed by atoms with van der Waals surface area (Å²) in [5.41, 5.74) is 1.17. The molecule has 0 radical (unpaired) electrons. The molecular weight excluding hydrogens is 207 g/mol. The van der Waals surface area contributed by atoms with Crippen LogP contribution in [0.25, 0.3) is 0 Å². The molecule has 15 heavy (non-hydrogen) atoms. The van der Waals surface area contributed by atoms with Crippen molar-refractivity contribution in [3.63, 3.8) is 0 Å². The van der Waals surface area contributed by atoms with Gasteiger partial charge in [0.05, 0.1) is 0 Å². The first-order chi connectivity index (χ1) is 6.88. The van der Waals surface area contributed by atoms with Crippen LogP contribution in [0.15, 0.2) is 24.3 Å². The fourth-order valence-corrected chi connectivity index (χ4v) is 0.987. The Hall–Kier alpha value is -1.52. The van der Waals surface area contributed by atoms with Crippen molar-refractivity contribution in [3.8, 4) is 0 Å². The average Bonchev–Trinajstić information content (AvgIpc) is 2.14. The van der Waals surface area contributed by atoms with Gasteiger partial charge in [-0.1, -0.05) is 17.7 Å². The van der Waals surface area contributed by atoms with Gasteiger partial charge < -0.3 is 5.32 Å². The van der Waals surface area contributed by atoms with Gasteiger partial charge in [-0.3, -0.25) is 4.79 Å². The lowest BCUT2D eigenvalue weighted by atomic mass is 10.1. The minimum atomic E-state index is -4.37. The number of hydrogen-bond acceptors (Lipinski definition) is 1. The second-order valence-corrected chi connectivity index (χ2v) is 3.16. The minimum Gasteiger partial charge on any atom is -0.343 e. The first kappa shape index (κ1) is 11.6. The maximum Gasteiger partial charge on any atom is 0.405 e. The maximum atomic E-state index is 11.8. The van der Waals surface area contributed by atoms with Crippen LogP contribution in [-0.2, 0) is 0 Å². The number of halogens is 3. The quantitative estimate of drug-likeness (QED) is 0.809. The Morgan fingerprint density at radius 1 is 1.27 bits per heavy atom. The summed E-state index contributed by atoms with van der Waals surface area (Å²) in [5, 5.41) is 1.79. The van der Waals surface area contributed by atoms with Gasteiger partial charge in [-0.15, -0.1) is 0 Å². The van der Waals surface area contributed by atoms with E-state index in [0.29, 0.717) is 0 Å². The number of hydrogen-bond donors (Lipinski definition) is 1. The molecule has 1 aromatic rings. The lowest BCUT2D eigenvalue weighted by molar-refractivity contribution is -0.123. The predicted octanol–water partition coefficient (Wildman–Crippen LogP) is 2.29. The third kappa shape index (κ3) is 4.01. The summed E-state index contributed by atoms with van der Waals surface area (Å²) < 4.78 is 35.3. The molecule has 0 aliphatic rings. The monoisotopic (exact) mass is 217 g/mol. The highest BCUT2D eigenvalue weighted by Gasteiger charge is 2.27. The lowest BCUT2D eigenvalue weighted by Gasteiger charge is -2.08. The summed E-state index contributed by atoms with van der Waals surface area (Å²) in [6.45, 7) is 0.525. The molecule has 2 nitrogen and oxygen atoms in total. The average molecular weight is 217 g/mol. The molecule has 0 saturated heterocycles. The number of nitrogens with one attached hydrogen (secondary N) is 1. The van der Waals surface area contributed by atoms with Crippen LogP contribution in [-0.4, -0.2) is 18.6 Å². The zero-order valence-corrected chi connectivity index (χ0v) is 8.06. The molecule has 0 unspecified atom stereocenters. The molecule has 0 spiro atoms. The highest BCUT2D eigenvalue weighted by molar-refractivity contribution is 5.94. The normalized spacial score (nSPS) is 11.2. The van der Waals surface area contributed by atoms with Gasteiger partial charge in [-0.2, -0.15) is 13.2 Å². The molecule has 1 rings (SSSR count). The zero-order valence-electron chi connectivity index (χ0n) is 8.06. The van der Waals surface area contributed by atoms with E-state index < -0.39 is 18.6 Å². The Morgan fingerprint density at radius 2 is 1.80 bits per heavy atom. The van der Waals surface area contributed by atoms with Crippen LogP contribution in [0.1, 0.15) is 15.9 Å². The van der Waals surface area contributed by atoms with E-state index in [2.05, 4.69) is 0 Å². The van der Waals surface area contributed by atoms with Gasteiger partial charge in [0.15, 0.2) is 0 Å². The standard InChI is InChI=1S/C10H10F3NO/c1-7-2-4-8(5-3-7)9(15)14-6-10(11,12)13/h2-5H,6H2,1H3,(H,14,15). The molecule has 1 amide bonds. The van der Waals surface area contributed by atoms with E-state index in [9.17, 15) is 18.0 Å². The summed E-state index contributed by atoms with van der Waals surface area (Å²) in [6.07, 6.45) is -4.37. The van der Waals surface area contributed by atoms with E-state index in [1.54, 1.807) is 17.4 Å². The summed E-state index contributed by atoms with van der Waals surface area (Å²) in [4.78, 5) is 11.2. The van der Waals surface area contributed by atoms with Crippen LogP contribution in [0, 0.1) is 6.92 Å². The molecule has 82 valence electrons. The maximum absolute atomic E-state index is 11.8. The van der Waals surface area contributed by atoms with Gasteiger partial charge >= 0.3 is 6.18 Å². The number of alkyl halides is 3. The summed E-state index contributed by atoms with van der Waals surface area (Å²) >= 11 is 0. The second kappa shape index (κ2) is 4.33. The third-order valence-corrected chi connectivity index (χ3v) is 1.76. The van der Waals surface area contributed by atoms with Crippen molar-refractivity contribution in [2.75, 3.05) is 6.54 Å². The SMILES string of the molecule is Cc1ccc(C(=O)NCC(F)(F)F)cc1. The molecule has 0 aliphatic heterocycles. The summed E-state index contributed by atoms with van der Waals surface area (Å²) in [5.74, 6) is -0.715. The number of amides is 1. The Labute approximate surface area is 85.1 Å². The molecule has 5 heteroatoms. The highest BCUT2D eigenvalue weighted by Crippen LogP contribution is 2.12. The fourth-order valence-electron chi connectivity index (χ4n) is 0.987. The van der Waals surface area contributed by atoms with Gasteiger partial charge in [-0.25, -0.2) is 0 Å². The van der Waals surface area contributed by atoms with E-state index in [1.165, 1.54) is 12.1 Å². The zero-order chi connectivity index (χ0) is 11.5. The molecule has 0 heterocycles. The summed E-state index contributed by atoms with van der Waals surface area (Å²) in [6, 6.07) is 6.31. The number of rotatable bonds is 2. The van der Waals surface area contributed by atoms with Gasteiger partial charge in [-0.05, 0) is 19.1 Å². The summed E-state index contributed by atoms with van der Waals surface area (Å²) in [7, 11) is 0. The molecule has 0 aliphatic carbocycles. The van der Waals surface area contributed by atoms with Crippen LogP contribution in [0.4, 0.5) is 13.2 Å². The van der Waals surface area contributed by atoms with Crippen molar-refractivity contribution < 1.29 is 18.0 Å². The molecule has 0 atom stereocenters. The van der Waals surface area contributed by atoms with Gasteiger partial charge in [0, 0.05) is 5.56 Å². The van der Waals surface area contributed by atoms with Crippen LogP contribution in [0.3, 0.4) is 0 Å². The Bertz CT molecular complexity index is 343. The van der Waals surface area contributed by atoms with Gasteiger partial charge in [0.1, 0.15) is 6.54 Å². The third-order valence-electron chi connectivity index (χ3n) is 1.76. The first-order valence-electron chi connectivity index (χ1n) is 4.30. The van der Waals surface area contributed by atoms with Crippen molar-refractivity contribution in [2.24, 2.45) is 0 Å². The molecular formula is C10H10F3NO. The van der Waals surface area contributed by atoms with Crippen molar-refractivity contribution in [1.29, 1.82) is 0 Å². The van der Waals surface area contributed by atoms with Crippen molar-refractivity contribution in [1.82, 2.24) is 5.32 Å². The van der Waals surface area contributed by atoms with E-state index in [4.69, 9.17) is 0 Å². The molecule has 0 saturated carbocycles. The first-order valence-corrected chi connectivity index (χ1v) is 4.30. The Kier molecular flexibility index (Phi) is 3.34.